The van der Waals surface area contributed by atoms with Gasteiger partial charge in [0, 0.05) is 36.7 Å². The van der Waals surface area contributed by atoms with Crippen LogP contribution in [0.3, 0.4) is 0 Å². The predicted molar refractivity (Wildman–Crippen MR) is 158 cm³/mol. The molecule has 1 aliphatic heterocycles. The molecular formula is C34H46O10. The van der Waals surface area contributed by atoms with E-state index in [1.54, 1.807) is 71.9 Å². The van der Waals surface area contributed by atoms with Crippen molar-refractivity contribution in [2.45, 2.75) is 102 Å². The molecular weight excluding hydrogens is 568 g/mol. The van der Waals surface area contributed by atoms with Crippen LogP contribution in [0.2, 0.25) is 0 Å². The summed E-state index contributed by atoms with van der Waals surface area (Å²) in [6.07, 6.45) is -5.94. The van der Waals surface area contributed by atoms with Gasteiger partial charge >= 0.3 is 5.97 Å². The Morgan fingerprint density at radius 3 is 2.34 bits per heavy atom. The second-order valence-electron chi connectivity index (χ2n) is 14.1. The van der Waals surface area contributed by atoms with Gasteiger partial charge in [0.1, 0.15) is 24.6 Å². The number of ketones is 1. The summed E-state index contributed by atoms with van der Waals surface area (Å²) in [5.41, 5.74) is -6.16. The molecule has 3 fully saturated rings. The van der Waals surface area contributed by atoms with Crippen LogP contribution in [-0.2, 0) is 28.5 Å². The molecule has 10 nitrogen and oxygen atoms in total. The number of benzene rings is 1. The molecule has 4 N–H and O–H groups in total. The van der Waals surface area contributed by atoms with Gasteiger partial charge in [-0.15, -0.1) is 0 Å². The number of carbonyl (C=O) groups excluding carboxylic acids is 2. The number of rotatable bonds is 7. The van der Waals surface area contributed by atoms with Gasteiger partial charge in [-0.3, -0.25) is 4.79 Å². The van der Waals surface area contributed by atoms with E-state index in [1.165, 1.54) is 7.11 Å². The number of aliphatic hydroxyl groups excluding tert-OH is 2. The van der Waals surface area contributed by atoms with E-state index in [9.17, 15) is 30.0 Å². The zero-order chi connectivity index (χ0) is 32.6. The molecule has 4 aliphatic rings. The number of fused-ring (bicyclic) bond motifs is 5. The second-order valence-corrected chi connectivity index (χ2v) is 14.1. The molecule has 0 aromatic heterocycles. The SMILES string of the molecule is [CH][C@@H](c1ccccc1)C(O)C(=O)OC1CC2(O)[C@@H](C)C3(C)C4(O)COC4CC(OCOC)[C@@]3(C)C(=O)C(O)C(=C1C)C2(C)C. The Morgan fingerprint density at radius 2 is 1.77 bits per heavy atom. The second kappa shape index (κ2) is 11.0. The van der Waals surface area contributed by atoms with E-state index in [-0.39, 0.29) is 31.8 Å². The summed E-state index contributed by atoms with van der Waals surface area (Å²) in [6.45, 7) is 16.4. The Balaban J connectivity index is 1.62. The maximum Gasteiger partial charge on any atom is 0.336 e. The Kier molecular flexibility index (Phi) is 8.27. The third-order valence-electron chi connectivity index (χ3n) is 12.3. The first-order valence-electron chi connectivity index (χ1n) is 15.2. The molecule has 44 heavy (non-hydrogen) atoms. The van der Waals surface area contributed by atoms with Crippen molar-refractivity contribution < 1.29 is 49.0 Å². The Morgan fingerprint density at radius 1 is 1.14 bits per heavy atom. The molecule has 8 unspecified atom stereocenters. The molecule has 0 spiro atoms. The fraction of sp³-hybridized carbons (Fsp3) is 0.676. The van der Waals surface area contributed by atoms with Gasteiger partial charge in [-0.05, 0) is 43.4 Å². The smallest absolute Gasteiger partial charge is 0.336 e. The number of esters is 1. The molecule has 242 valence electrons. The highest BCUT2D eigenvalue weighted by Crippen LogP contribution is 2.70. The van der Waals surface area contributed by atoms with Crippen LogP contribution in [0, 0.1) is 29.1 Å². The average Bonchev–Trinajstić information content (AvgIpc) is 2.99. The first-order chi connectivity index (χ1) is 20.4. The van der Waals surface area contributed by atoms with Crippen LogP contribution in [0.15, 0.2) is 41.5 Å². The number of aliphatic hydroxyl groups is 4. The first kappa shape index (κ1) is 33.2. The van der Waals surface area contributed by atoms with Gasteiger partial charge in [-0.25, -0.2) is 4.79 Å². The van der Waals surface area contributed by atoms with Crippen LogP contribution in [0.1, 0.15) is 65.9 Å². The largest absolute Gasteiger partial charge is 0.456 e. The fourth-order valence-corrected chi connectivity index (χ4v) is 9.05. The van der Waals surface area contributed by atoms with E-state index in [0.717, 1.165) is 0 Å². The number of ether oxygens (including phenoxy) is 4. The topological polar surface area (TPSA) is 152 Å². The van der Waals surface area contributed by atoms with Crippen LogP contribution in [0.5, 0.6) is 0 Å². The van der Waals surface area contributed by atoms with E-state index < -0.39 is 81.6 Å². The Hall–Kier alpha value is -2.18. The zero-order valence-corrected chi connectivity index (χ0v) is 26.6. The lowest BCUT2D eigenvalue weighted by atomic mass is 9.36. The fourth-order valence-electron chi connectivity index (χ4n) is 9.05. The van der Waals surface area contributed by atoms with E-state index in [1.807, 2.05) is 0 Å². The monoisotopic (exact) mass is 614 g/mol. The summed E-state index contributed by atoms with van der Waals surface area (Å²) in [6, 6.07) is 8.65. The van der Waals surface area contributed by atoms with Crippen LogP contribution in [-0.4, -0.2) is 94.4 Å². The third-order valence-corrected chi connectivity index (χ3v) is 12.3. The number of carbonyl (C=O) groups is 2. The van der Waals surface area contributed by atoms with Gasteiger partial charge < -0.3 is 39.4 Å². The summed E-state index contributed by atoms with van der Waals surface area (Å²) in [7, 11) is 1.47. The minimum Gasteiger partial charge on any atom is -0.456 e. The Bertz CT molecular complexity index is 1330. The van der Waals surface area contributed by atoms with Crippen molar-refractivity contribution >= 4 is 11.8 Å². The highest BCUT2D eigenvalue weighted by Gasteiger charge is 2.80. The highest BCUT2D eigenvalue weighted by molar-refractivity contribution is 5.94. The van der Waals surface area contributed by atoms with Crippen molar-refractivity contribution in [2.24, 2.45) is 22.2 Å². The summed E-state index contributed by atoms with van der Waals surface area (Å²) >= 11 is 0. The Labute approximate surface area is 259 Å². The third kappa shape index (κ3) is 4.18. The van der Waals surface area contributed by atoms with E-state index in [4.69, 9.17) is 25.9 Å². The molecule has 2 saturated carbocycles. The zero-order valence-electron chi connectivity index (χ0n) is 26.6. The van der Waals surface area contributed by atoms with Crippen molar-refractivity contribution in [3.63, 3.8) is 0 Å². The standard InChI is InChI=1S/C34H46O10/c1-18(21-12-10-9-11-13-21)26(35)29(38)44-22-15-33(39)20(3)32(7)31(6,28(37)27(36)25(19(22)2)30(33,4)5)23(43-17-41-8)14-24-34(32,40)16-42-24/h1,9-13,18,20,22-24,26-27,35-36,39-40H,14-17H2,2-8H3/t18-,20-,22?,23?,24?,26?,27?,31-,32?,33?,34?/m0/s1. The van der Waals surface area contributed by atoms with Gasteiger partial charge in [-0.2, -0.15) is 0 Å². The average molecular weight is 615 g/mol. The van der Waals surface area contributed by atoms with Gasteiger partial charge in [-0.1, -0.05) is 58.0 Å². The lowest BCUT2D eigenvalue weighted by Crippen LogP contribution is -2.83. The van der Waals surface area contributed by atoms with Gasteiger partial charge in [0.25, 0.3) is 0 Å². The van der Waals surface area contributed by atoms with Crippen molar-refractivity contribution in [3.05, 3.63) is 54.0 Å². The highest BCUT2D eigenvalue weighted by atomic mass is 16.7. The molecule has 0 amide bonds. The maximum absolute atomic E-state index is 14.7. The summed E-state index contributed by atoms with van der Waals surface area (Å²) < 4.78 is 22.9. The number of hydrogen-bond acceptors (Lipinski definition) is 10. The number of methoxy groups -OCH3 is 1. The van der Waals surface area contributed by atoms with Gasteiger partial charge in [0.2, 0.25) is 0 Å². The molecule has 5 rings (SSSR count). The molecule has 11 atom stereocenters. The lowest BCUT2D eigenvalue weighted by Gasteiger charge is -2.72. The van der Waals surface area contributed by atoms with Crippen molar-refractivity contribution in [3.8, 4) is 0 Å². The molecule has 1 aromatic rings. The van der Waals surface area contributed by atoms with E-state index in [0.29, 0.717) is 11.1 Å². The minimum atomic E-state index is -1.73. The van der Waals surface area contributed by atoms with Crippen LogP contribution in [0.25, 0.3) is 0 Å². The molecule has 3 aliphatic carbocycles. The number of hydrogen-bond donors (Lipinski definition) is 4. The first-order valence-corrected chi connectivity index (χ1v) is 15.2. The molecule has 1 aromatic carbocycles. The molecule has 1 heterocycles. The quantitative estimate of drug-likeness (QED) is 0.205. The van der Waals surface area contributed by atoms with Crippen molar-refractivity contribution in [1.82, 2.24) is 0 Å². The van der Waals surface area contributed by atoms with Crippen LogP contribution in [0.4, 0.5) is 0 Å². The van der Waals surface area contributed by atoms with Gasteiger partial charge in [0.05, 0.1) is 29.8 Å². The minimum absolute atomic E-state index is 0.0608. The normalized spacial score (nSPS) is 42.6. The summed E-state index contributed by atoms with van der Waals surface area (Å²) in [4.78, 5) is 28.0. The van der Waals surface area contributed by atoms with E-state index in [2.05, 4.69) is 0 Å². The van der Waals surface area contributed by atoms with Crippen molar-refractivity contribution in [2.75, 3.05) is 20.5 Å². The lowest BCUT2D eigenvalue weighted by molar-refractivity contribution is -0.377. The predicted octanol–water partition coefficient (Wildman–Crippen LogP) is 2.35. The molecule has 10 heteroatoms. The summed E-state index contributed by atoms with van der Waals surface area (Å²) in [5.74, 6) is -3.45. The van der Waals surface area contributed by atoms with Crippen LogP contribution < -0.4 is 0 Å². The molecule has 2 bridgehead atoms. The van der Waals surface area contributed by atoms with E-state index >= 15 is 0 Å². The van der Waals surface area contributed by atoms with Gasteiger partial charge in [0.15, 0.2) is 11.9 Å². The van der Waals surface area contributed by atoms with Crippen LogP contribution >= 0.6 is 0 Å². The number of Topliss-reactive ketones (excluding diaryl/α,β-unsaturated/α-hetero) is 1. The summed E-state index contributed by atoms with van der Waals surface area (Å²) in [5, 5.41) is 48.0. The molecule has 1 saturated heterocycles. The maximum atomic E-state index is 14.7. The molecule has 2 radical (unpaired) electrons. The van der Waals surface area contributed by atoms with Crippen molar-refractivity contribution in [1.29, 1.82) is 0 Å².